The standard InChI is InChI=1S/C13H18NO3/c1-13(2,3)17-12(16)14-11(9-15)10-7-5-4-6-8-10/h4-8,11H,9H2,1-3H3,(H,14,16)/t11-/m1/s1. The van der Waals surface area contributed by atoms with Gasteiger partial charge in [0.2, 0.25) is 0 Å². The molecule has 1 rings (SSSR count). The van der Waals surface area contributed by atoms with Gasteiger partial charge in [-0.3, -0.25) is 0 Å². The lowest BCUT2D eigenvalue weighted by Crippen LogP contribution is -2.36. The highest BCUT2D eigenvalue weighted by molar-refractivity contribution is 5.68. The Morgan fingerprint density at radius 2 is 1.88 bits per heavy atom. The number of amides is 1. The molecule has 1 N–H and O–H groups in total. The average molecular weight is 236 g/mol. The first-order valence-corrected chi connectivity index (χ1v) is 5.55. The zero-order valence-electron chi connectivity index (χ0n) is 10.4. The molecule has 0 fully saturated rings. The van der Waals surface area contributed by atoms with Crippen molar-refractivity contribution in [1.82, 2.24) is 5.32 Å². The van der Waals surface area contributed by atoms with Crippen LogP contribution in [0.5, 0.6) is 0 Å². The van der Waals surface area contributed by atoms with Crippen LogP contribution in [0.3, 0.4) is 0 Å². The fourth-order valence-corrected chi connectivity index (χ4v) is 1.36. The van der Waals surface area contributed by atoms with Crippen molar-refractivity contribution in [2.45, 2.75) is 32.4 Å². The number of hydrogen-bond acceptors (Lipinski definition) is 2. The number of rotatable bonds is 3. The second kappa shape index (κ2) is 5.68. The Bertz CT molecular complexity index is 357. The monoisotopic (exact) mass is 236 g/mol. The maximum Gasteiger partial charge on any atom is 0.408 e. The number of benzene rings is 1. The summed E-state index contributed by atoms with van der Waals surface area (Å²) in [7, 11) is 0. The summed E-state index contributed by atoms with van der Waals surface area (Å²) in [6.07, 6.45) is -0.567. The maximum absolute atomic E-state index is 11.5. The van der Waals surface area contributed by atoms with Gasteiger partial charge in [-0.1, -0.05) is 30.3 Å². The van der Waals surface area contributed by atoms with Gasteiger partial charge >= 0.3 is 6.09 Å². The molecule has 0 spiro atoms. The molecular formula is C13H18NO3. The third-order valence-electron chi connectivity index (χ3n) is 2.06. The number of ether oxygens (including phenoxy) is 1. The van der Waals surface area contributed by atoms with Gasteiger partial charge in [0, 0.05) is 0 Å². The quantitative estimate of drug-likeness (QED) is 0.877. The van der Waals surface area contributed by atoms with Crippen molar-refractivity contribution in [3.8, 4) is 0 Å². The van der Waals surface area contributed by atoms with E-state index in [4.69, 9.17) is 4.74 Å². The Morgan fingerprint density at radius 3 is 2.35 bits per heavy atom. The van der Waals surface area contributed by atoms with Crippen LogP contribution in [0, 0.1) is 0 Å². The van der Waals surface area contributed by atoms with Crippen molar-refractivity contribution in [3.63, 3.8) is 0 Å². The van der Waals surface area contributed by atoms with E-state index in [0.29, 0.717) is 0 Å². The Morgan fingerprint density at radius 1 is 1.29 bits per heavy atom. The van der Waals surface area contributed by atoms with Gasteiger partial charge in [0.1, 0.15) is 12.2 Å². The molecule has 0 unspecified atom stereocenters. The lowest BCUT2D eigenvalue weighted by molar-refractivity contribution is 0.0459. The van der Waals surface area contributed by atoms with Crippen molar-refractivity contribution in [3.05, 3.63) is 35.9 Å². The summed E-state index contributed by atoms with van der Waals surface area (Å²) < 4.78 is 5.10. The number of carbonyl (C=O) groups excluding carboxylic acids is 1. The van der Waals surface area contributed by atoms with Crippen LogP contribution in [0.25, 0.3) is 0 Å². The number of alkyl carbamates (subject to hydrolysis) is 1. The molecule has 1 aromatic rings. The lowest BCUT2D eigenvalue weighted by atomic mass is 10.1. The van der Waals surface area contributed by atoms with E-state index in [1.54, 1.807) is 32.9 Å². The zero-order valence-corrected chi connectivity index (χ0v) is 10.4. The van der Waals surface area contributed by atoms with Crippen LogP contribution in [0.2, 0.25) is 0 Å². The molecule has 4 heteroatoms. The molecule has 0 aliphatic rings. The fraction of sp³-hybridized carbons (Fsp3) is 0.462. The first kappa shape index (κ1) is 13.5. The van der Waals surface area contributed by atoms with Crippen LogP contribution >= 0.6 is 0 Å². The Kier molecular flexibility index (Phi) is 4.52. The molecule has 0 aliphatic heterocycles. The minimum Gasteiger partial charge on any atom is -0.444 e. The van der Waals surface area contributed by atoms with Gasteiger partial charge in [-0.25, -0.2) is 9.90 Å². The largest absolute Gasteiger partial charge is 0.444 e. The molecule has 1 atom stereocenters. The minimum absolute atomic E-state index is 0.413. The first-order chi connectivity index (χ1) is 7.92. The van der Waals surface area contributed by atoms with Gasteiger partial charge in [0.15, 0.2) is 0 Å². The zero-order chi connectivity index (χ0) is 12.9. The summed E-state index contributed by atoms with van der Waals surface area (Å²) in [5.74, 6) is 0. The molecule has 0 bridgehead atoms. The highest BCUT2D eigenvalue weighted by atomic mass is 16.6. The smallest absolute Gasteiger partial charge is 0.408 e. The molecule has 1 aromatic carbocycles. The Balaban J connectivity index is 2.62. The van der Waals surface area contributed by atoms with Crippen LogP contribution in [0.15, 0.2) is 30.3 Å². The molecular weight excluding hydrogens is 218 g/mol. The van der Waals surface area contributed by atoms with E-state index in [-0.39, 0.29) is 0 Å². The summed E-state index contributed by atoms with van der Waals surface area (Å²) in [5.41, 5.74) is 0.224. The minimum atomic E-state index is -0.567. The van der Waals surface area contributed by atoms with E-state index in [1.165, 1.54) is 0 Å². The van der Waals surface area contributed by atoms with Crippen molar-refractivity contribution in [1.29, 1.82) is 0 Å². The van der Waals surface area contributed by atoms with Gasteiger partial charge in [-0.05, 0) is 26.3 Å². The lowest BCUT2D eigenvalue weighted by Gasteiger charge is -2.22. The molecule has 4 nitrogen and oxygen atoms in total. The second-order valence-electron chi connectivity index (χ2n) is 4.78. The molecule has 0 heterocycles. The van der Waals surface area contributed by atoms with Crippen molar-refractivity contribution in [2.75, 3.05) is 6.61 Å². The van der Waals surface area contributed by atoms with Crippen LogP contribution in [0.1, 0.15) is 32.4 Å². The van der Waals surface area contributed by atoms with E-state index in [9.17, 15) is 9.90 Å². The van der Waals surface area contributed by atoms with Crippen molar-refractivity contribution in [2.24, 2.45) is 0 Å². The topological polar surface area (TPSA) is 58.2 Å². The van der Waals surface area contributed by atoms with Gasteiger partial charge in [0.05, 0.1) is 6.04 Å². The Hall–Kier alpha value is -1.55. The summed E-state index contributed by atoms with van der Waals surface area (Å²) in [6, 6.07) is 8.58. The fourth-order valence-electron chi connectivity index (χ4n) is 1.36. The maximum atomic E-state index is 11.5. The summed E-state index contributed by atoms with van der Waals surface area (Å²) in [6.45, 7) is 4.92. The molecule has 0 saturated heterocycles. The highest BCUT2D eigenvalue weighted by Gasteiger charge is 2.20. The van der Waals surface area contributed by atoms with Gasteiger partial charge < -0.3 is 10.1 Å². The Labute approximate surface area is 102 Å². The van der Waals surface area contributed by atoms with E-state index in [0.717, 1.165) is 5.56 Å². The molecule has 1 amide bonds. The molecule has 0 saturated carbocycles. The summed E-state index contributed by atoms with van der Waals surface area (Å²) >= 11 is 0. The third-order valence-corrected chi connectivity index (χ3v) is 2.06. The first-order valence-electron chi connectivity index (χ1n) is 5.55. The van der Waals surface area contributed by atoms with Gasteiger partial charge in [-0.15, -0.1) is 0 Å². The summed E-state index contributed by atoms with van der Waals surface area (Å²) in [4.78, 5) is 11.5. The molecule has 0 aromatic heterocycles. The van der Waals surface area contributed by atoms with E-state index < -0.39 is 24.3 Å². The highest BCUT2D eigenvalue weighted by Crippen LogP contribution is 2.13. The van der Waals surface area contributed by atoms with Crippen LogP contribution in [-0.2, 0) is 9.84 Å². The average Bonchev–Trinajstić information content (AvgIpc) is 2.24. The normalized spacial score (nSPS) is 12.9. The molecule has 1 radical (unpaired) electrons. The van der Waals surface area contributed by atoms with Gasteiger partial charge in [0.25, 0.3) is 0 Å². The van der Waals surface area contributed by atoms with E-state index >= 15 is 0 Å². The number of carbonyl (C=O) groups is 1. The summed E-state index contributed by atoms with van der Waals surface area (Å²) in [5, 5.41) is 13.6. The van der Waals surface area contributed by atoms with E-state index in [1.807, 2.05) is 18.2 Å². The third kappa shape index (κ3) is 4.87. The number of nitrogens with one attached hydrogen (secondary N) is 1. The van der Waals surface area contributed by atoms with Crippen LogP contribution in [0.4, 0.5) is 4.79 Å². The molecule has 0 aliphatic carbocycles. The molecule has 17 heavy (non-hydrogen) atoms. The second-order valence-corrected chi connectivity index (χ2v) is 4.78. The molecule has 93 valence electrons. The number of hydrogen-bond donors (Lipinski definition) is 1. The predicted molar refractivity (Wildman–Crippen MR) is 64.1 cm³/mol. The van der Waals surface area contributed by atoms with E-state index in [2.05, 4.69) is 5.32 Å². The van der Waals surface area contributed by atoms with Crippen molar-refractivity contribution >= 4 is 6.09 Å². The van der Waals surface area contributed by atoms with Crippen molar-refractivity contribution < 1.29 is 14.6 Å². The SMILES string of the molecule is CC(C)(C)OC(=O)N[C@H](C[O])c1ccccc1. The van der Waals surface area contributed by atoms with Gasteiger partial charge in [-0.2, -0.15) is 0 Å². The predicted octanol–water partition coefficient (Wildman–Crippen LogP) is 2.68. The van der Waals surface area contributed by atoms with Crippen LogP contribution in [-0.4, -0.2) is 18.3 Å². The van der Waals surface area contributed by atoms with Crippen LogP contribution < -0.4 is 5.32 Å².